The largest absolute Gasteiger partial charge is 0.493 e. The molecule has 0 amide bonds. The molecule has 0 aliphatic rings. The van der Waals surface area contributed by atoms with Gasteiger partial charge in [-0.1, -0.05) is 19.1 Å². The van der Waals surface area contributed by atoms with Gasteiger partial charge < -0.3 is 9.84 Å². The smallest absolute Gasteiger partial charge is 0.122 e. The molecule has 0 saturated heterocycles. The van der Waals surface area contributed by atoms with Crippen molar-refractivity contribution in [3.05, 3.63) is 29.3 Å². The fourth-order valence-electron chi connectivity index (χ4n) is 1.42. The Labute approximate surface area is 91.9 Å². The van der Waals surface area contributed by atoms with Gasteiger partial charge in [0.25, 0.3) is 0 Å². The second-order valence-electron chi connectivity index (χ2n) is 3.73. The van der Waals surface area contributed by atoms with Crippen LogP contribution in [-0.2, 0) is 6.42 Å². The van der Waals surface area contributed by atoms with Crippen LogP contribution in [0.5, 0.6) is 5.75 Å². The molecule has 1 N–H and O–H groups in total. The van der Waals surface area contributed by atoms with Crippen LogP contribution in [0.4, 0.5) is 0 Å². The quantitative estimate of drug-likeness (QED) is 0.728. The summed E-state index contributed by atoms with van der Waals surface area (Å²) in [6.07, 6.45) is 2.76. The lowest BCUT2D eigenvalue weighted by molar-refractivity contribution is 0.252. The summed E-state index contributed by atoms with van der Waals surface area (Å²) in [5.74, 6) is 0.979. The molecule has 2 heteroatoms. The number of aryl methyl sites for hydroxylation is 2. The van der Waals surface area contributed by atoms with Crippen LogP contribution < -0.4 is 4.74 Å². The second kappa shape index (κ2) is 6.46. The first-order valence-corrected chi connectivity index (χ1v) is 5.61. The van der Waals surface area contributed by atoms with Crippen LogP contribution in [0.2, 0.25) is 0 Å². The van der Waals surface area contributed by atoms with Gasteiger partial charge in [0.15, 0.2) is 0 Å². The van der Waals surface area contributed by atoms with E-state index in [1.807, 2.05) is 0 Å². The fraction of sp³-hybridized carbons (Fsp3) is 0.538. The van der Waals surface area contributed by atoms with E-state index in [1.54, 1.807) is 0 Å². The van der Waals surface area contributed by atoms with Crippen LogP contribution in [0, 0.1) is 6.92 Å². The topological polar surface area (TPSA) is 29.5 Å². The van der Waals surface area contributed by atoms with Crippen molar-refractivity contribution in [1.29, 1.82) is 0 Å². The Morgan fingerprint density at radius 3 is 2.73 bits per heavy atom. The summed E-state index contributed by atoms with van der Waals surface area (Å²) < 4.78 is 5.67. The molecule has 1 rings (SSSR count). The highest BCUT2D eigenvalue weighted by Gasteiger charge is 2.00. The molecule has 0 fully saturated rings. The van der Waals surface area contributed by atoms with E-state index >= 15 is 0 Å². The van der Waals surface area contributed by atoms with Crippen LogP contribution in [0.25, 0.3) is 0 Å². The van der Waals surface area contributed by atoms with E-state index in [9.17, 15) is 0 Å². The van der Waals surface area contributed by atoms with E-state index in [1.165, 1.54) is 11.1 Å². The van der Waals surface area contributed by atoms with Gasteiger partial charge in [-0.25, -0.2) is 0 Å². The van der Waals surface area contributed by atoms with Crippen molar-refractivity contribution in [1.82, 2.24) is 0 Å². The minimum Gasteiger partial charge on any atom is -0.493 e. The van der Waals surface area contributed by atoms with Gasteiger partial charge in [0, 0.05) is 6.61 Å². The van der Waals surface area contributed by atoms with Gasteiger partial charge in [-0.05, 0) is 43.4 Å². The summed E-state index contributed by atoms with van der Waals surface area (Å²) in [5.41, 5.74) is 2.48. The number of unbranched alkanes of at least 4 members (excludes halogenated alkanes) is 1. The van der Waals surface area contributed by atoms with E-state index in [4.69, 9.17) is 9.84 Å². The first-order valence-electron chi connectivity index (χ1n) is 5.61. The predicted molar refractivity (Wildman–Crippen MR) is 62.4 cm³/mol. The standard InChI is InChI=1S/C13H20O2/c1-3-12-7-6-11(2)13(10-12)15-9-5-4-8-14/h6-7,10,14H,3-5,8-9H2,1-2H3. The Hall–Kier alpha value is -1.02. The highest BCUT2D eigenvalue weighted by Crippen LogP contribution is 2.20. The number of benzene rings is 1. The van der Waals surface area contributed by atoms with Gasteiger partial charge in [0.2, 0.25) is 0 Å². The number of hydrogen-bond acceptors (Lipinski definition) is 2. The maximum atomic E-state index is 8.64. The summed E-state index contributed by atoms with van der Waals surface area (Å²) in [7, 11) is 0. The number of ether oxygens (including phenoxy) is 1. The maximum absolute atomic E-state index is 8.64. The molecule has 1 aromatic rings. The summed E-state index contributed by atoms with van der Waals surface area (Å²) in [6.45, 7) is 5.13. The summed E-state index contributed by atoms with van der Waals surface area (Å²) in [4.78, 5) is 0. The predicted octanol–water partition coefficient (Wildman–Crippen LogP) is 2.71. The lowest BCUT2D eigenvalue weighted by Gasteiger charge is -2.10. The third kappa shape index (κ3) is 3.92. The van der Waals surface area contributed by atoms with Crippen LogP contribution in [0.3, 0.4) is 0 Å². The third-order valence-electron chi connectivity index (χ3n) is 2.47. The van der Waals surface area contributed by atoms with Crippen LogP contribution >= 0.6 is 0 Å². The summed E-state index contributed by atoms with van der Waals surface area (Å²) >= 11 is 0. The van der Waals surface area contributed by atoms with Crippen LogP contribution in [0.15, 0.2) is 18.2 Å². The minimum atomic E-state index is 0.247. The van der Waals surface area contributed by atoms with E-state index < -0.39 is 0 Å². The molecule has 0 spiro atoms. The summed E-state index contributed by atoms with van der Waals surface area (Å²) in [5, 5.41) is 8.64. The number of rotatable bonds is 6. The molecule has 0 atom stereocenters. The fourth-order valence-corrected chi connectivity index (χ4v) is 1.42. The molecule has 15 heavy (non-hydrogen) atoms. The number of aliphatic hydroxyl groups excluding tert-OH is 1. The first kappa shape index (κ1) is 12.1. The van der Waals surface area contributed by atoms with Gasteiger partial charge in [0.05, 0.1) is 6.61 Å². The van der Waals surface area contributed by atoms with Crippen LogP contribution in [-0.4, -0.2) is 18.3 Å². The zero-order chi connectivity index (χ0) is 11.1. The molecule has 0 unspecified atom stereocenters. The first-order chi connectivity index (χ1) is 7.27. The van der Waals surface area contributed by atoms with Gasteiger partial charge in [-0.2, -0.15) is 0 Å². The average molecular weight is 208 g/mol. The number of hydrogen-bond donors (Lipinski definition) is 1. The Morgan fingerprint density at radius 1 is 1.27 bits per heavy atom. The normalized spacial score (nSPS) is 10.3. The molecule has 2 nitrogen and oxygen atoms in total. The molecule has 0 radical (unpaired) electrons. The zero-order valence-corrected chi connectivity index (χ0v) is 9.62. The summed E-state index contributed by atoms with van der Waals surface area (Å²) in [6, 6.07) is 6.34. The Kier molecular flexibility index (Phi) is 5.19. The average Bonchev–Trinajstić information content (AvgIpc) is 2.26. The van der Waals surface area contributed by atoms with Crippen molar-refractivity contribution >= 4 is 0 Å². The Bertz CT molecular complexity index is 295. The molecule has 0 heterocycles. The van der Waals surface area contributed by atoms with E-state index in [2.05, 4.69) is 32.0 Å². The lowest BCUT2D eigenvalue weighted by Crippen LogP contribution is -2.00. The van der Waals surface area contributed by atoms with Gasteiger partial charge in [0.1, 0.15) is 5.75 Å². The lowest BCUT2D eigenvalue weighted by atomic mass is 10.1. The number of aliphatic hydroxyl groups is 1. The molecule has 1 aromatic carbocycles. The second-order valence-corrected chi connectivity index (χ2v) is 3.73. The van der Waals surface area contributed by atoms with Crippen molar-refractivity contribution in [3.63, 3.8) is 0 Å². The SMILES string of the molecule is CCc1ccc(C)c(OCCCCO)c1. The van der Waals surface area contributed by atoms with Gasteiger partial charge in [-0.15, -0.1) is 0 Å². The highest BCUT2D eigenvalue weighted by atomic mass is 16.5. The molecular weight excluding hydrogens is 188 g/mol. The van der Waals surface area contributed by atoms with Crippen molar-refractivity contribution in [2.45, 2.75) is 33.1 Å². The Morgan fingerprint density at radius 2 is 2.07 bits per heavy atom. The molecule has 0 aliphatic carbocycles. The molecule has 0 aromatic heterocycles. The van der Waals surface area contributed by atoms with Crippen molar-refractivity contribution in [3.8, 4) is 5.75 Å². The zero-order valence-electron chi connectivity index (χ0n) is 9.62. The van der Waals surface area contributed by atoms with Crippen molar-refractivity contribution in [2.24, 2.45) is 0 Å². The van der Waals surface area contributed by atoms with Crippen LogP contribution in [0.1, 0.15) is 30.9 Å². The van der Waals surface area contributed by atoms with Gasteiger partial charge >= 0.3 is 0 Å². The van der Waals surface area contributed by atoms with E-state index in [-0.39, 0.29) is 6.61 Å². The minimum absolute atomic E-state index is 0.247. The van der Waals surface area contributed by atoms with E-state index in [0.717, 1.165) is 25.0 Å². The molecule has 0 bridgehead atoms. The highest BCUT2D eigenvalue weighted by molar-refractivity contribution is 5.36. The van der Waals surface area contributed by atoms with Gasteiger partial charge in [-0.3, -0.25) is 0 Å². The monoisotopic (exact) mass is 208 g/mol. The molecule has 0 saturated carbocycles. The maximum Gasteiger partial charge on any atom is 0.122 e. The Balaban J connectivity index is 2.51. The molecule has 84 valence electrons. The molecule has 0 aliphatic heterocycles. The van der Waals surface area contributed by atoms with E-state index in [0.29, 0.717) is 6.61 Å². The van der Waals surface area contributed by atoms with Crippen molar-refractivity contribution < 1.29 is 9.84 Å². The third-order valence-corrected chi connectivity index (χ3v) is 2.47. The molecular formula is C13H20O2. The van der Waals surface area contributed by atoms with Crippen molar-refractivity contribution in [2.75, 3.05) is 13.2 Å².